The van der Waals surface area contributed by atoms with Crippen LogP contribution in [0.1, 0.15) is 25.7 Å². The van der Waals surface area contributed by atoms with Crippen molar-refractivity contribution < 1.29 is 4.79 Å². The van der Waals surface area contributed by atoms with Gasteiger partial charge in [0.1, 0.15) is 5.65 Å². The zero-order chi connectivity index (χ0) is 17.7. The van der Waals surface area contributed by atoms with Gasteiger partial charge in [0, 0.05) is 60.9 Å². The van der Waals surface area contributed by atoms with Crippen LogP contribution in [0.5, 0.6) is 0 Å². The second-order valence-electron chi connectivity index (χ2n) is 7.59. The third-order valence-electron chi connectivity index (χ3n) is 5.84. The Morgan fingerprint density at radius 1 is 1.27 bits per heavy atom. The van der Waals surface area contributed by atoms with Crippen LogP contribution < -0.4 is 4.90 Å². The Kier molecular flexibility index (Phi) is 3.58. The van der Waals surface area contributed by atoms with Crippen LogP contribution in [0.3, 0.4) is 0 Å². The smallest absolute Gasteiger partial charge is 0.227 e. The van der Waals surface area contributed by atoms with Crippen LogP contribution in [-0.2, 0) is 4.79 Å². The number of pyridine rings is 2. The highest BCUT2D eigenvalue weighted by molar-refractivity contribution is 6.11. The van der Waals surface area contributed by atoms with E-state index in [0.717, 1.165) is 60.9 Å². The van der Waals surface area contributed by atoms with Crippen LogP contribution in [0.15, 0.2) is 30.9 Å². The number of carbonyl (C=O) groups is 1. The molecule has 1 N–H and O–H groups in total. The first-order valence-electron chi connectivity index (χ1n) is 9.44. The van der Waals surface area contributed by atoms with Crippen molar-refractivity contribution in [2.45, 2.75) is 31.7 Å². The first-order chi connectivity index (χ1) is 12.7. The minimum atomic E-state index is 0.0770. The number of rotatable bonds is 3. The Morgan fingerprint density at radius 2 is 2.15 bits per heavy atom. The number of carbonyl (C=O) groups excluding carboxylic acids is 1. The van der Waals surface area contributed by atoms with E-state index < -0.39 is 0 Å². The monoisotopic (exact) mass is 349 g/mol. The number of nitrogens with one attached hydrogen (secondary N) is 1. The van der Waals surface area contributed by atoms with Crippen molar-refractivity contribution in [1.29, 1.82) is 0 Å². The van der Waals surface area contributed by atoms with E-state index in [0.29, 0.717) is 11.9 Å². The predicted molar refractivity (Wildman–Crippen MR) is 102 cm³/mol. The van der Waals surface area contributed by atoms with Gasteiger partial charge in [0.25, 0.3) is 0 Å². The number of H-pyrrole nitrogens is 1. The third-order valence-corrected chi connectivity index (χ3v) is 5.84. The quantitative estimate of drug-likeness (QED) is 0.789. The molecule has 2 aliphatic rings. The van der Waals surface area contributed by atoms with Gasteiger partial charge in [0.15, 0.2) is 0 Å². The molecule has 26 heavy (non-hydrogen) atoms. The van der Waals surface area contributed by atoms with E-state index in [-0.39, 0.29) is 5.92 Å². The molecule has 1 aliphatic carbocycles. The normalized spacial score (nSPS) is 20.7. The zero-order valence-corrected chi connectivity index (χ0v) is 15.0. The molecular weight excluding hydrogens is 326 g/mol. The number of anilines is 1. The van der Waals surface area contributed by atoms with Crippen LogP contribution in [0.2, 0.25) is 0 Å². The van der Waals surface area contributed by atoms with Gasteiger partial charge in [0.2, 0.25) is 5.91 Å². The molecule has 4 heterocycles. The largest absolute Gasteiger partial charge is 0.369 e. The summed E-state index contributed by atoms with van der Waals surface area (Å²) in [5.74, 6) is 0.381. The summed E-state index contributed by atoms with van der Waals surface area (Å²) in [5, 5.41) is 3.33. The van der Waals surface area contributed by atoms with E-state index in [2.05, 4.69) is 25.9 Å². The van der Waals surface area contributed by atoms with E-state index >= 15 is 0 Å². The fraction of sp³-hybridized carbons (Fsp3) is 0.450. The lowest BCUT2D eigenvalue weighted by atomic mass is 9.95. The molecule has 3 aromatic heterocycles. The van der Waals surface area contributed by atoms with Crippen LogP contribution in [0.4, 0.5) is 5.69 Å². The SMILES string of the molecule is CN(C(=O)C1CCCN(c2cncc3cnc4[nH]ccc4c23)C1)C1CC1. The molecule has 3 aromatic rings. The highest BCUT2D eigenvalue weighted by Gasteiger charge is 2.35. The highest BCUT2D eigenvalue weighted by Crippen LogP contribution is 2.35. The fourth-order valence-electron chi connectivity index (χ4n) is 4.23. The molecule has 6 heteroatoms. The molecule has 0 radical (unpaired) electrons. The maximum atomic E-state index is 12.9. The number of aromatic amines is 1. The van der Waals surface area contributed by atoms with Crippen molar-refractivity contribution in [2.24, 2.45) is 5.92 Å². The van der Waals surface area contributed by atoms with Crippen molar-refractivity contribution in [3.05, 3.63) is 30.9 Å². The van der Waals surface area contributed by atoms with E-state index in [9.17, 15) is 4.79 Å². The van der Waals surface area contributed by atoms with Gasteiger partial charge < -0.3 is 14.8 Å². The van der Waals surface area contributed by atoms with Crippen LogP contribution in [0.25, 0.3) is 21.8 Å². The lowest BCUT2D eigenvalue weighted by Crippen LogP contribution is -2.44. The summed E-state index contributed by atoms with van der Waals surface area (Å²) in [6.07, 6.45) is 11.9. The molecule has 1 unspecified atom stereocenters. The number of aromatic nitrogens is 3. The standard InChI is InChI=1S/C20H23N5O/c1-24(15-4-5-15)20(26)13-3-2-8-25(12-13)17-11-21-9-14-10-23-19-16(18(14)17)6-7-22-19/h6-7,9-11,13,15H,2-5,8,12H2,1H3,(H,22,23). The maximum Gasteiger partial charge on any atom is 0.227 e. The average molecular weight is 349 g/mol. The molecular formula is C20H23N5O. The van der Waals surface area contributed by atoms with Crippen molar-refractivity contribution in [1.82, 2.24) is 19.9 Å². The lowest BCUT2D eigenvalue weighted by molar-refractivity contribution is -0.134. The average Bonchev–Trinajstić information content (AvgIpc) is 3.43. The van der Waals surface area contributed by atoms with E-state index in [1.807, 2.05) is 36.7 Å². The Morgan fingerprint density at radius 3 is 3.00 bits per heavy atom. The molecule has 0 spiro atoms. The summed E-state index contributed by atoms with van der Waals surface area (Å²) in [4.78, 5) is 29.3. The molecule has 1 saturated heterocycles. The minimum Gasteiger partial charge on any atom is -0.369 e. The van der Waals surface area contributed by atoms with E-state index in [4.69, 9.17) is 0 Å². The van der Waals surface area contributed by atoms with E-state index in [1.54, 1.807) is 0 Å². The summed E-state index contributed by atoms with van der Waals surface area (Å²) in [7, 11) is 1.97. The summed E-state index contributed by atoms with van der Waals surface area (Å²) in [6, 6.07) is 2.55. The molecule has 1 saturated carbocycles. The molecule has 2 fully saturated rings. The molecule has 1 aliphatic heterocycles. The van der Waals surface area contributed by atoms with Crippen LogP contribution >= 0.6 is 0 Å². The van der Waals surface area contributed by atoms with Gasteiger partial charge in [0.05, 0.1) is 17.8 Å². The fourth-order valence-corrected chi connectivity index (χ4v) is 4.23. The summed E-state index contributed by atoms with van der Waals surface area (Å²) in [6.45, 7) is 1.73. The molecule has 1 amide bonds. The van der Waals surface area contributed by atoms with Gasteiger partial charge in [-0.05, 0) is 31.7 Å². The first kappa shape index (κ1) is 15.6. The predicted octanol–water partition coefficient (Wildman–Crippen LogP) is 2.95. The first-order valence-corrected chi connectivity index (χ1v) is 9.44. The molecule has 134 valence electrons. The van der Waals surface area contributed by atoms with E-state index in [1.165, 1.54) is 5.39 Å². The topological polar surface area (TPSA) is 65.1 Å². The Hall–Kier alpha value is -2.63. The van der Waals surface area contributed by atoms with Gasteiger partial charge in [-0.1, -0.05) is 0 Å². The van der Waals surface area contributed by atoms with Crippen molar-refractivity contribution >= 4 is 33.4 Å². The van der Waals surface area contributed by atoms with Gasteiger partial charge in [-0.25, -0.2) is 4.98 Å². The number of fused-ring (bicyclic) bond motifs is 3. The molecule has 1 atom stereocenters. The van der Waals surface area contributed by atoms with Gasteiger partial charge in [-0.3, -0.25) is 9.78 Å². The van der Waals surface area contributed by atoms with Crippen LogP contribution in [-0.4, -0.2) is 51.9 Å². The molecule has 0 aromatic carbocycles. The summed E-state index contributed by atoms with van der Waals surface area (Å²) in [5.41, 5.74) is 2.00. The molecule has 6 nitrogen and oxygen atoms in total. The van der Waals surface area contributed by atoms with Gasteiger partial charge in [-0.2, -0.15) is 0 Å². The molecule has 0 bridgehead atoms. The highest BCUT2D eigenvalue weighted by atomic mass is 16.2. The Bertz CT molecular complexity index is 977. The minimum absolute atomic E-state index is 0.0770. The second kappa shape index (κ2) is 5.97. The van der Waals surface area contributed by atoms with Crippen molar-refractivity contribution in [2.75, 3.05) is 25.0 Å². The lowest BCUT2D eigenvalue weighted by Gasteiger charge is -2.35. The summed E-state index contributed by atoms with van der Waals surface area (Å²) < 4.78 is 0. The number of amides is 1. The maximum absolute atomic E-state index is 12.9. The van der Waals surface area contributed by atoms with Gasteiger partial charge in [-0.15, -0.1) is 0 Å². The number of hydrogen-bond donors (Lipinski definition) is 1. The Balaban J connectivity index is 1.51. The van der Waals surface area contributed by atoms with Crippen LogP contribution in [0, 0.1) is 5.92 Å². The molecule has 5 rings (SSSR count). The summed E-state index contributed by atoms with van der Waals surface area (Å²) >= 11 is 0. The number of piperidine rings is 1. The van der Waals surface area contributed by atoms with Gasteiger partial charge >= 0.3 is 0 Å². The second-order valence-corrected chi connectivity index (χ2v) is 7.59. The van der Waals surface area contributed by atoms with Crippen molar-refractivity contribution in [3.63, 3.8) is 0 Å². The Labute approximate surface area is 152 Å². The number of hydrogen-bond acceptors (Lipinski definition) is 4. The number of nitrogens with zero attached hydrogens (tertiary/aromatic N) is 4. The zero-order valence-electron chi connectivity index (χ0n) is 15.0. The van der Waals surface area contributed by atoms with Crippen molar-refractivity contribution in [3.8, 4) is 0 Å². The third kappa shape index (κ3) is 2.52.